The van der Waals surface area contributed by atoms with Gasteiger partial charge < -0.3 is 15.5 Å². The third kappa shape index (κ3) is 8.08. The Morgan fingerprint density at radius 2 is 1.50 bits per heavy atom. The monoisotopic (exact) mass is 229 g/mol. The first-order valence-corrected chi connectivity index (χ1v) is 6.45. The lowest BCUT2D eigenvalue weighted by Crippen LogP contribution is -2.44. The van der Waals surface area contributed by atoms with E-state index in [0.29, 0.717) is 17.9 Å². The quantitative estimate of drug-likeness (QED) is 0.684. The lowest BCUT2D eigenvalue weighted by Gasteiger charge is -2.29. The first-order valence-electron chi connectivity index (χ1n) is 6.45. The van der Waals surface area contributed by atoms with Crippen molar-refractivity contribution in [2.75, 3.05) is 40.3 Å². The van der Waals surface area contributed by atoms with Crippen LogP contribution in [0.5, 0.6) is 0 Å². The molecule has 1 unspecified atom stereocenters. The lowest BCUT2D eigenvalue weighted by molar-refractivity contribution is 0.196. The highest BCUT2D eigenvalue weighted by Gasteiger charge is 2.14. The standard InChI is InChI=1S/C13H31N3/c1-11(2)9-16(8-7-15(5)6)10-13(14)12(3)4/h11-13H,7-10,14H2,1-6H3. The van der Waals surface area contributed by atoms with Crippen molar-refractivity contribution in [3.05, 3.63) is 0 Å². The second-order valence-electron chi connectivity index (χ2n) is 5.86. The van der Waals surface area contributed by atoms with Crippen LogP contribution < -0.4 is 5.73 Å². The first kappa shape index (κ1) is 15.9. The fourth-order valence-corrected chi connectivity index (χ4v) is 1.62. The van der Waals surface area contributed by atoms with Crippen molar-refractivity contribution in [1.82, 2.24) is 9.80 Å². The van der Waals surface area contributed by atoms with Crippen LogP contribution in [-0.4, -0.2) is 56.1 Å². The summed E-state index contributed by atoms with van der Waals surface area (Å²) in [4.78, 5) is 4.73. The zero-order valence-electron chi connectivity index (χ0n) is 12.0. The molecule has 0 aliphatic carbocycles. The summed E-state index contributed by atoms with van der Waals surface area (Å²) in [6.45, 7) is 13.3. The molecule has 0 saturated carbocycles. The Morgan fingerprint density at radius 3 is 1.88 bits per heavy atom. The molecule has 3 nitrogen and oxygen atoms in total. The molecule has 0 aromatic carbocycles. The zero-order chi connectivity index (χ0) is 12.7. The minimum absolute atomic E-state index is 0.293. The summed E-state index contributed by atoms with van der Waals surface area (Å²) < 4.78 is 0. The molecule has 0 fully saturated rings. The first-order chi connectivity index (χ1) is 7.32. The molecule has 98 valence electrons. The molecule has 16 heavy (non-hydrogen) atoms. The Hall–Kier alpha value is -0.120. The molecule has 2 N–H and O–H groups in total. The van der Waals surface area contributed by atoms with Crippen LogP contribution in [0.4, 0.5) is 0 Å². The Balaban J connectivity index is 4.09. The molecule has 0 saturated heterocycles. The number of nitrogens with zero attached hydrogens (tertiary/aromatic N) is 2. The second-order valence-corrected chi connectivity index (χ2v) is 5.86. The molecular formula is C13H31N3. The number of hydrogen-bond acceptors (Lipinski definition) is 3. The van der Waals surface area contributed by atoms with Gasteiger partial charge in [0.2, 0.25) is 0 Å². The molecule has 0 rings (SSSR count). The zero-order valence-corrected chi connectivity index (χ0v) is 12.0. The van der Waals surface area contributed by atoms with E-state index in [1.54, 1.807) is 0 Å². The molecule has 0 amide bonds. The fourth-order valence-electron chi connectivity index (χ4n) is 1.62. The highest BCUT2D eigenvalue weighted by Crippen LogP contribution is 2.04. The van der Waals surface area contributed by atoms with Crippen LogP contribution in [0.1, 0.15) is 27.7 Å². The van der Waals surface area contributed by atoms with E-state index in [1.165, 1.54) is 0 Å². The van der Waals surface area contributed by atoms with Gasteiger partial charge in [-0.05, 0) is 25.9 Å². The Bertz CT molecular complexity index is 167. The van der Waals surface area contributed by atoms with Gasteiger partial charge in [-0.15, -0.1) is 0 Å². The normalized spacial score (nSPS) is 14.4. The number of likely N-dealkylation sites (N-methyl/N-ethyl adjacent to an activating group) is 1. The third-order valence-electron chi connectivity index (χ3n) is 2.81. The van der Waals surface area contributed by atoms with Gasteiger partial charge in [-0.3, -0.25) is 0 Å². The fraction of sp³-hybridized carbons (Fsp3) is 1.00. The van der Waals surface area contributed by atoms with Crippen LogP contribution in [0, 0.1) is 11.8 Å². The largest absolute Gasteiger partial charge is 0.326 e. The van der Waals surface area contributed by atoms with Crippen molar-refractivity contribution >= 4 is 0 Å². The van der Waals surface area contributed by atoms with Gasteiger partial charge in [-0.2, -0.15) is 0 Å². The van der Waals surface area contributed by atoms with Crippen molar-refractivity contribution in [2.45, 2.75) is 33.7 Å². The smallest absolute Gasteiger partial charge is 0.0191 e. The maximum absolute atomic E-state index is 6.14. The highest BCUT2D eigenvalue weighted by molar-refractivity contribution is 4.72. The summed E-state index contributed by atoms with van der Waals surface area (Å²) >= 11 is 0. The van der Waals surface area contributed by atoms with E-state index in [4.69, 9.17) is 5.73 Å². The Kier molecular flexibility index (Phi) is 7.98. The predicted octanol–water partition coefficient (Wildman–Crippen LogP) is 1.49. The Morgan fingerprint density at radius 1 is 0.938 bits per heavy atom. The average Bonchev–Trinajstić information content (AvgIpc) is 2.12. The van der Waals surface area contributed by atoms with E-state index in [9.17, 15) is 0 Å². The van der Waals surface area contributed by atoms with E-state index in [1.807, 2.05) is 0 Å². The number of rotatable bonds is 8. The van der Waals surface area contributed by atoms with Gasteiger partial charge in [-0.1, -0.05) is 27.7 Å². The van der Waals surface area contributed by atoms with Gasteiger partial charge in [-0.25, -0.2) is 0 Å². The van der Waals surface area contributed by atoms with Crippen LogP contribution in [0.3, 0.4) is 0 Å². The number of nitrogens with two attached hydrogens (primary N) is 1. The van der Waals surface area contributed by atoms with Crippen LogP contribution in [0.15, 0.2) is 0 Å². The van der Waals surface area contributed by atoms with Crippen molar-refractivity contribution in [3.63, 3.8) is 0 Å². The number of hydrogen-bond donors (Lipinski definition) is 1. The van der Waals surface area contributed by atoms with Gasteiger partial charge in [0, 0.05) is 32.2 Å². The van der Waals surface area contributed by atoms with Gasteiger partial charge in [0.25, 0.3) is 0 Å². The van der Waals surface area contributed by atoms with Gasteiger partial charge >= 0.3 is 0 Å². The molecule has 1 atom stereocenters. The van der Waals surface area contributed by atoms with Gasteiger partial charge in [0.1, 0.15) is 0 Å². The summed E-state index contributed by atoms with van der Waals surface area (Å²) in [7, 11) is 4.24. The highest BCUT2D eigenvalue weighted by atomic mass is 15.2. The summed E-state index contributed by atoms with van der Waals surface area (Å²) in [6.07, 6.45) is 0. The van der Waals surface area contributed by atoms with E-state index < -0.39 is 0 Å². The van der Waals surface area contributed by atoms with Crippen LogP contribution in [-0.2, 0) is 0 Å². The van der Waals surface area contributed by atoms with Gasteiger partial charge in [0.15, 0.2) is 0 Å². The third-order valence-corrected chi connectivity index (χ3v) is 2.81. The molecule has 0 aromatic heterocycles. The maximum atomic E-state index is 6.14. The van der Waals surface area contributed by atoms with Crippen molar-refractivity contribution < 1.29 is 0 Å². The topological polar surface area (TPSA) is 32.5 Å². The summed E-state index contributed by atoms with van der Waals surface area (Å²) in [6, 6.07) is 0.293. The molecule has 0 heterocycles. The molecule has 3 heteroatoms. The van der Waals surface area contributed by atoms with Crippen LogP contribution >= 0.6 is 0 Å². The summed E-state index contributed by atoms with van der Waals surface area (Å²) in [5.41, 5.74) is 6.14. The molecule has 0 aliphatic rings. The predicted molar refractivity (Wildman–Crippen MR) is 72.6 cm³/mol. The van der Waals surface area contributed by atoms with Crippen molar-refractivity contribution in [1.29, 1.82) is 0 Å². The van der Waals surface area contributed by atoms with E-state index in [2.05, 4.69) is 51.6 Å². The molecule has 0 aromatic rings. The molecular weight excluding hydrogens is 198 g/mol. The summed E-state index contributed by atoms with van der Waals surface area (Å²) in [5.74, 6) is 1.27. The Labute approximate surface area is 102 Å². The van der Waals surface area contributed by atoms with E-state index in [0.717, 1.165) is 26.2 Å². The van der Waals surface area contributed by atoms with E-state index in [-0.39, 0.29) is 0 Å². The lowest BCUT2D eigenvalue weighted by atomic mass is 10.0. The summed E-state index contributed by atoms with van der Waals surface area (Å²) in [5, 5.41) is 0. The average molecular weight is 229 g/mol. The van der Waals surface area contributed by atoms with Crippen LogP contribution in [0.25, 0.3) is 0 Å². The molecule has 0 bridgehead atoms. The molecule has 0 radical (unpaired) electrons. The van der Waals surface area contributed by atoms with Crippen LogP contribution in [0.2, 0.25) is 0 Å². The van der Waals surface area contributed by atoms with Crippen molar-refractivity contribution in [3.8, 4) is 0 Å². The maximum Gasteiger partial charge on any atom is 0.0191 e. The SMILES string of the molecule is CC(C)CN(CCN(C)C)CC(N)C(C)C. The van der Waals surface area contributed by atoms with Gasteiger partial charge in [0.05, 0.1) is 0 Å². The molecule has 0 spiro atoms. The second kappa shape index (κ2) is 8.04. The molecule has 0 aliphatic heterocycles. The van der Waals surface area contributed by atoms with Crippen molar-refractivity contribution in [2.24, 2.45) is 17.6 Å². The minimum Gasteiger partial charge on any atom is -0.326 e. The minimum atomic E-state index is 0.293. The van der Waals surface area contributed by atoms with E-state index >= 15 is 0 Å².